The first-order chi connectivity index (χ1) is 12.9. The van der Waals surface area contributed by atoms with Crippen molar-refractivity contribution in [3.8, 4) is 11.5 Å². The number of hydrogen-bond donors (Lipinski definition) is 1. The van der Waals surface area contributed by atoms with E-state index in [9.17, 15) is 14.7 Å². The van der Waals surface area contributed by atoms with E-state index in [1.54, 1.807) is 6.07 Å². The molecule has 1 atom stereocenters. The van der Waals surface area contributed by atoms with Gasteiger partial charge in [0.05, 0.1) is 25.3 Å². The van der Waals surface area contributed by atoms with Gasteiger partial charge in [-0.05, 0) is 31.4 Å². The summed E-state index contributed by atoms with van der Waals surface area (Å²) in [6.07, 6.45) is 1.86. The first-order valence-corrected chi connectivity index (χ1v) is 9.28. The smallest absolute Gasteiger partial charge is 0.313 e. The Morgan fingerprint density at radius 1 is 1.33 bits per heavy atom. The van der Waals surface area contributed by atoms with Gasteiger partial charge >= 0.3 is 5.97 Å². The number of rotatable bonds is 8. The number of nitrogens with zero attached hydrogens (tertiary/aromatic N) is 1. The number of piperidine rings is 1. The maximum Gasteiger partial charge on any atom is 0.313 e. The molecule has 1 aliphatic rings. The van der Waals surface area contributed by atoms with Crippen LogP contribution in [0.2, 0.25) is 5.02 Å². The summed E-state index contributed by atoms with van der Waals surface area (Å²) in [5.74, 6) is -0.479. The molecule has 0 bridgehead atoms. The Bertz CT molecular complexity index is 691. The third-order valence-electron chi connectivity index (χ3n) is 4.67. The molecule has 0 spiro atoms. The van der Waals surface area contributed by atoms with Crippen LogP contribution < -0.4 is 9.47 Å². The fourth-order valence-corrected chi connectivity index (χ4v) is 3.57. The van der Waals surface area contributed by atoms with Crippen LogP contribution >= 0.6 is 11.6 Å². The number of carbonyl (C=O) groups is 2. The summed E-state index contributed by atoms with van der Waals surface area (Å²) in [5.41, 5.74) is -0.764. The normalized spacial score (nSPS) is 19.6. The van der Waals surface area contributed by atoms with Gasteiger partial charge < -0.3 is 24.2 Å². The lowest BCUT2D eigenvalue weighted by Crippen LogP contribution is -2.52. The summed E-state index contributed by atoms with van der Waals surface area (Å²) in [6, 6.07) is 3.11. The molecule has 150 valence electrons. The third-order valence-corrected chi connectivity index (χ3v) is 4.95. The van der Waals surface area contributed by atoms with Crippen molar-refractivity contribution in [2.24, 2.45) is 5.41 Å². The molecule has 1 fully saturated rings. The second-order valence-electron chi connectivity index (χ2n) is 6.69. The Balaban J connectivity index is 2.28. The van der Waals surface area contributed by atoms with Crippen LogP contribution in [-0.2, 0) is 9.53 Å². The number of amides is 1. The zero-order chi connectivity index (χ0) is 20.0. The molecule has 2 rings (SSSR count). The topological polar surface area (TPSA) is 85.3 Å². The summed E-state index contributed by atoms with van der Waals surface area (Å²) in [7, 11) is 2.94. The lowest BCUT2D eigenvalue weighted by molar-refractivity contribution is -0.155. The third kappa shape index (κ3) is 4.65. The highest BCUT2D eigenvalue weighted by molar-refractivity contribution is 6.32. The van der Waals surface area contributed by atoms with Gasteiger partial charge in [-0.1, -0.05) is 18.5 Å². The van der Waals surface area contributed by atoms with E-state index < -0.39 is 11.4 Å². The number of carboxylic acids is 1. The molecule has 1 amide bonds. The highest BCUT2D eigenvalue weighted by Crippen LogP contribution is 2.38. The van der Waals surface area contributed by atoms with Crippen LogP contribution in [0.25, 0.3) is 0 Å². The molecule has 1 aromatic rings. The van der Waals surface area contributed by atoms with Gasteiger partial charge in [-0.2, -0.15) is 0 Å². The van der Waals surface area contributed by atoms with E-state index in [0.29, 0.717) is 43.1 Å². The molecule has 0 saturated carbocycles. The molecule has 1 N–H and O–H groups in total. The Kier molecular flexibility index (Phi) is 7.33. The van der Waals surface area contributed by atoms with Gasteiger partial charge in [-0.15, -0.1) is 0 Å². The molecule has 1 aromatic carbocycles. The molecular weight excluding hydrogens is 374 g/mol. The number of likely N-dealkylation sites (tertiary alicyclic amines) is 1. The quantitative estimate of drug-likeness (QED) is 0.723. The van der Waals surface area contributed by atoms with Gasteiger partial charge in [0.25, 0.3) is 5.91 Å². The Hall–Kier alpha value is -1.99. The van der Waals surface area contributed by atoms with Gasteiger partial charge in [0.2, 0.25) is 0 Å². The van der Waals surface area contributed by atoms with E-state index in [2.05, 4.69) is 0 Å². The average molecular weight is 400 g/mol. The number of carbonyl (C=O) groups excluding carboxylic acids is 1. The highest BCUT2D eigenvalue weighted by Gasteiger charge is 2.44. The van der Waals surface area contributed by atoms with Crippen molar-refractivity contribution in [2.45, 2.75) is 26.2 Å². The summed E-state index contributed by atoms with van der Waals surface area (Å²) in [6.45, 7) is 3.08. The lowest BCUT2D eigenvalue weighted by Gasteiger charge is -2.39. The molecular formula is C19H26ClNO6. The van der Waals surface area contributed by atoms with Crippen LogP contribution in [0.4, 0.5) is 0 Å². The predicted octanol–water partition coefficient (Wildman–Crippen LogP) is 3.09. The molecule has 1 aliphatic heterocycles. The van der Waals surface area contributed by atoms with E-state index >= 15 is 0 Å². The predicted molar refractivity (Wildman–Crippen MR) is 101 cm³/mol. The minimum atomic E-state index is -1.10. The van der Waals surface area contributed by atoms with Gasteiger partial charge in [0.15, 0.2) is 11.5 Å². The zero-order valence-electron chi connectivity index (χ0n) is 15.9. The van der Waals surface area contributed by atoms with E-state index in [4.69, 9.17) is 25.8 Å². The average Bonchev–Trinajstić information content (AvgIpc) is 2.66. The Morgan fingerprint density at radius 2 is 2.07 bits per heavy atom. The number of methoxy groups -OCH3 is 2. The summed E-state index contributed by atoms with van der Waals surface area (Å²) < 4.78 is 16.0. The fraction of sp³-hybridized carbons (Fsp3) is 0.579. The van der Waals surface area contributed by atoms with E-state index in [1.807, 2.05) is 6.92 Å². The van der Waals surface area contributed by atoms with Crippen molar-refractivity contribution >= 4 is 23.5 Å². The van der Waals surface area contributed by atoms with Crippen molar-refractivity contribution in [3.63, 3.8) is 0 Å². The van der Waals surface area contributed by atoms with Crippen LogP contribution in [-0.4, -0.2) is 62.4 Å². The van der Waals surface area contributed by atoms with Gasteiger partial charge in [-0.3, -0.25) is 9.59 Å². The maximum absolute atomic E-state index is 13.0. The second kappa shape index (κ2) is 9.28. The van der Waals surface area contributed by atoms with Crippen LogP contribution in [0.5, 0.6) is 11.5 Å². The standard InChI is InChI=1S/C19H26ClNO6/c1-4-8-27-16-14(20)9-13(10-15(16)26-3)17(22)21-7-5-6-19(11-21,12-25-2)18(23)24/h9-10H,4-8,11-12H2,1-3H3,(H,23,24). The van der Waals surface area contributed by atoms with Crippen LogP contribution in [0.1, 0.15) is 36.5 Å². The fourth-order valence-electron chi connectivity index (χ4n) is 3.31. The number of ether oxygens (including phenoxy) is 3. The van der Waals surface area contributed by atoms with Crippen molar-refractivity contribution in [1.82, 2.24) is 4.90 Å². The van der Waals surface area contributed by atoms with Crippen LogP contribution in [0, 0.1) is 5.41 Å². The maximum atomic E-state index is 13.0. The molecule has 27 heavy (non-hydrogen) atoms. The number of carboxylic acid groups (broad SMARTS) is 1. The van der Waals surface area contributed by atoms with E-state index in [1.165, 1.54) is 25.2 Å². The molecule has 8 heteroatoms. The molecule has 7 nitrogen and oxygen atoms in total. The molecule has 1 unspecified atom stereocenters. The monoisotopic (exact) mass is 399 g/mol. The lowest BCUT2D eigenvalue weighted by atomic mass is 9.80. The zero-order valence-corrected chi connectivity index (χ0v) is 16.7. The molecule has 1 heterocycles. The number of hydrogen-bond acceptors (Lipinski definition) is 5. The van der Waals surface area contributed by atoms with Gasteiger partial charge in [-0.25, -0.2) is 0 Å². The summed E-state index contributed by atoms with van der Waals surface area (Å²) in [5, 5.41) is 9.94. The highest BCUT2D eigenvalue weighted by atomic mass is 35.5. The van der Waals surface area contributed by atoms with Crippen LogP contribution in [0.15, 0.2) is 12.1 Å². The first kappa shape index (κ1) is 21.3. The Labute approximate surface area is 164 Å². The van der Waals surface area contributed by atoms with Crippen molar-refractivity contribution in [2.75, 3.05) is 40.5 Å². The molecule has 1 saturated heterocycles. The van der Waals surface area contributed by atoms with E-state index in [0.717, 1.165) is 6.42 Å². The molecule has 0 aliphatic carbocycles. The summed E-state index contributed by atoms with van der Waals surface area (Å²) in [4.78, 5) is 26.3. The van der Waals surface area contributed by atoms with Gasteiger partial charge in [0.1, 0.15) is 5.41 Å². The van der Waals surface area contributed by atoms with Crippen molar-refractivity contribution in [3.05, 3.63) is 22.7 Å². The van der Waals surface area contributed by atoms with Gasteiger partial charge in [0, 0.05) is 25.8 Å². The Morgan fingerprint density at radius 3 is 2.67 bits per heavy atom. The minimum Gasteiger partial charge on any atom is -0.493 e. The SMILES string of the molecule is CCCOc1c(Cl)cc(C(=O)N2CCCC(COC)(C(=O)O)C2)cc1OC. The number of halogens is 1. The number of benzene rings is 1. The van der Waals surface area contributed by atoms with Crippen LogP contribution in [0.3, 0.4) is 0 Å². The molecule has 0 aromatic heterocycles. The minimum absolute atomic E-state index is 0.0555. The summed E-state index contributed by atoms with van der Waals surface area (Å²) >= 11 is 6.30. The second-order valence-corrected chi connectivity index (χ2v) is 7.09. The number of aliphatic carboxylic acids is 1. The van der Waals surface area contributed by atoms with E-state index in [-0.39, 0.29) is 24.1 Å². The van der Waals surface area contributed by atoms with Crippen molar-refractivity contribution < 1.29 is 28.9 Å². The largest absolute Gasteiger partial charge is 0.493 e. The first-order valence-electron chi connectivity index (χ1n) is 8.90. The molecule has 0 radical (unpaired) electrons. The van der Waals surface area contributed by atoms with Crippen molar-refractivity contribution in [1.29, 1.82) is 0 Å².